The number of imidazole rings is 1. The lowest BCUT2D eigenvalue weighted by Gasteiger charge is -2.00. The topological polar surface area (TPSA) is 90.6 Å². The van der Waals surface area contributed by atoms with Gasteiger partial charge in [-0.05, 0) is 18.2 Å². The van der Waals surface area contributed by atoms with Gasteiger partial charge in [0.1, 0.15) is 5.65 Å². The number of hydrogen-bond donors (Lipinski definition) is 0. The molecular formula is C16H8BrN3O4. The van der Waals surface area contributed by atoms with E-state index in [1.165, 1.54) is 6.07 Å². The summed E-state index contributed by atoms with van der Waals surface area (Å²) >= 11 is 3.37. The maximum absolute atomic E-state index is 12.3. The van der Waals surface area contributed by atoms with Crippen molar-refractivity contribution >= 4 is 38.2 Å². The first-order valence-corrected chi connectivity index (χ1v) is 7.68. The van der Waals surface area contributed by atoms with Gasteiger partial charge in [0, 0.05) is 28.3 Å². The Balaban J connectivity index is 1.97. The molecule has 0 bridgehead atoms. The Kier molecular flexibility index (Phi) is 3.20. The minimum Gasteiger partial charge on any atom is -0.415 e. The molecule has 0 saturated heterocycles. The molecule has 0 radical (unpaired) electrons. The SMILES string of the molecule is O=c1oc2c([N+](=O)[O-])cccc2cc1-c1cn2ccc(Br)cc2n1. The van der Waals surface area contributed by atoms with Crippen molar-refractivity contribution in [2.75, 3.05) is 0 Å². The molecule has 0 saturated carbocycles. The maximum atomic E-state index is 12.3. The minimum atomic E-state index is -0.667. The van der Waals surface area contributed by atoms with E-state index in [1.54, 1.807) is 28.8 Å². The van der Waals surface area contributed by atoms with Crippen LogP contribution in [0.5, 0.6) is 0 Å². The van der Waals surface area contributed by atoms with Crippen LogP contribution in [0.1, 0.15) is 0 Å². The number of nitro benzene ring substituents is 1. The zero-order valence-corrected chi connectivity index (χ0v) is 13.6. The first kappa shape index (κ1) is 14.6. The molecule has 4 rings (SSSR count). The summed E-state index contributed by atoms with van der Waals surface area (Å²) in [4.78, 5) is 27.2. The number of rotatable bonds is 2. The van der Waals surface area contributed by atoms with Gasteiger partial charge in [-0.15, -0.1) is 0 Å². The average molecular weight is 386 g/mol. The standard InChI is InChI=1S/C16H8BrN3O4/c17-10-4-5-19-8-12(18-14(19)7-10)11-6-9-2-1-3-13(20(22)23)15(9)24-16(11)21/h1-8H. The van der Waals surface area contributed by atoms with E-state index in [4.69, 9.17) is 4.42 Å². The number of non-ortho nitro benzene ring substituents is 1. The van der Waals surface area contributed by atoms with Gasteiger partial charge in [-0.3, -0.25) is 10.1 Å². The zero-order chi connectivity index (χ0) is 16.8. The summed E-state index contributed by atoms with van der Waals surface area (Å²) in [5.74, 6) is 0. The fourth-order valence-electron chi connectivity index (χ4n) is 2.54. The number of para-hydroxylation sites is 1. The second-order valence-corrected chi connectivity index (χ2v) is 6.05. The van der Waals surface area contributed by atoms with Crippen molar-refractivity contribution < 1.29 is 9.34 Å². The van der Waals surface area contributed by atoms with Crippen molar-refractivity contribution in [3.63, 3.8) is 0 Å². The highest BCUT2D eigenvalue weighted by Gasteiger charge is 2.18. The summed E-state index contributed by atoms with van der Waals surface area (Å²) in [5, 5.41) is 11.5. The second kappa shape index (κ2) is 5.27. The van der Waals surface area contributed by atoms with E-state index in [0.717, 1.165) is 4.47 Å². The van der Waals surface area contributed by atoms with Crippen molar-refractivity contribution in [1.29, 1.82) is 0 Å². The van der Waals surface area contributed by atoms with E-state index in [1.807, 2.05) is 18.3 Å². The molecule has 8 heteroatoms. The van der Waals surface area contributed by atoms with Gasteiger partial charge in [0.25, 0.3) is 0 Å². The number of fused-ring (bicyclic) bond motifs is 2. The van der Waals surface area contributed by atoms with Crippen LogP contribution in [0, 0.1) is 10.1 Å². The van der Waals surface area contributed by atoms with Crippen molar-refractivity contribution in [2.24, 2.45) is 0 Å². The molecule has 0 amide bonds. The molecule has 118 valence electrons. The number of halogens is 1. The summed E-state index contributed by atoms with van der Waals surface area (Å²) in [7, 11) is 0. The van der Waals surface area contributed by atoms with E-state index < -0.39 is 10.5 Å². The molecule has 0 fully saturated rings. The minimum absolute atomic E-state index is 0.0391. The van der Waals surface area contributed by atoms with Crippen molar-refractivity contribution in [3.05, 3.63) is 73.8 Å². The number of nitrogens with zero attached hydrogens (tertiary/aromatic N) is 3. The fourth-order valence-corrected chi connectivity index (χ4v) is 2.86. The third-order valence-corrected chi connectivity index (χ3v) is 4.13. The Bertz CT molecular complexity index is 1180. The summed E-state index contributed by atoms with van der Waals surface area (Å²) in [6, 6.07) is 9.73. The highest BCUT2D eigenvalue weighted by Crippen LogP contribution is 2.27. The normalized spacial score (nSPS) is 11.2. The first-order chi connectivity index (χ1) is 11.5. The number of hydrogen-bond acceptors (Lipinski definition) is 5. The number of pyridine rings is 1. The van der Waals surface area contributed by atoms with Crippen LogP contribution in [0.4, 0.5) is 5.69 Å². The molecule has 3 heterocycles. The molecule has 0 N–H and O–H groups in total. The molecule has 4 aromatic rings. The molecule has 0 unspecified atom stereocenters. The number of nitro groups is 1. The van der Waals surface area contributed by atoms with Gasteiger partial charge in [0.15, 0.2) is 0 Å². The fraction of sp³-hybridized carbons (Fsp3) is 0. The Morgan fingerprint density at radius 1 is 1.25 bits per heavy atom. The lowest BCUT2D eigenvalue weighted by Crippen LogP contribution is -2.04. The molecule has 1 aromatic carbocycles. The molecule has 3 aromatic heterocycles. The molecule has 0 aliphatic carbocycles. The molecule has 7 nitrogen and oxygen atoms in total. The van der Waals surface area contributed by atoms with E-state index in [2.05, 4.69) is 20.9 Å². The highest BCUT2D eigenvalue weighted by atomic mass is 79.9. The highest BCUT2D eigenvalue weighted by molar-refractivity contribution is 9.10. The van der Waals surface area contributed by atoms with Crippen molar-refractivity contribution in [3.8, 4) is 11.3 Å². The quantitative estimate of drug-likeness (QED) is 0.297. The smallest absolute Gasteiger partial charge is 0.346 e. The number of aromatic nitrogens is 2. The van der Waals surface area contributed by atoms with E-state index in [0.29, 0.717) is 16.7 Å². The molecular weight excluding hydrogens is 378 g/mol. The predicted molar refractivity (Wildman–Crippen MR) is 91.0 cm³/mol. The summed E-state index contributed by atoms with van der Waals surface area (Å²) in [6.45, 7) is 0. The summed E-state index contributed by atoms with van der Waals surface area (Å²) in [5.41, 5.74) is 0.410. The van der Waals surface area contributed by atoms with Crippen LogP contribution in [0.2, 0.25) is 0 Å². The van der Waals surface area contributed by atoms with Gasteiger partial charge in [-0.1, -0.05) is 28.1 Å². The van der Waals surface area contributed by atoms with E-state index in [-0.39, 0.29) is 16.8 Å². The van der Waals surface area contributed by atoms with Crippen LogP contribution in [0.3, 0.4) is 0 Å². The lowest BCUT2D eigenvalue weighted by atomic mass is 10.1. The van der Waals surface area contributed by atoms with Crippen LogP contribution >= 0.6 is 15.9 Å². The Hall–Kier alpha value is -3.00. The number of benzene rings is 1. The third kappa shape index (κ3) is 2.28. The predicted octanol–water partition coefficient (Wildman–Crippen LogP) is 3.78. The van der Waals surface area contributed by atoms with Gasteiger partial charge in [-0.2, -0.15) is 0 Å². The molecule has 0 aliphatic rings. The summed E-state index contributed by atoms with van der Waals surface area (Å²) in [6.07, 6.45) is 3.51. The van der Waals surface area contributed by atoms with Gasteiger partial charge < -0.3 is 8.82 Å². The van der Waals surface area contributed by atoms with Crippen LogP contribution < -0.4 is 5.63 Å². The van der Waals surface area contributed by atoms with Gasteiger partial charge in [0.2, 0.25) is 5.58 Å². The van der Waals surface area contributed by atoms with Gasteiger partial charge >= 0.3 is 11.3 Å². The van der Waals surface area contributed by atoms with Gasteiger partial charge in [-0.25, -0.2) is 9.78 Å². The second-order valence-electron chi connectivity index (χ2n) is 5.14. The van der Waals surface area contributed by atoms with E-state index >= 15 is 0 Å². The average Bonchev–Trinajstić information content (AvgIpc) is 2.96. The largest absolute Gasteiger partial charge is 0.415 e. The van der Waals surface area contributed by atoms with Crippen LogP contribution in [-0.2, 0) is 0 Å². The summed E-state index contributed by atoms with van der Waals surface area (Å²) < 4.78 is 7.85. The molecule has 24 heavy (non-hydrogen) atoms. The molecule has 0 atom stereocenters. The van der Waals surface area contributed by atoms with Crippen LogP contribution in [0.15, 0.2) is 62.5 Å². The monoisotopic (exact) mass is 385 g/mol. The molecule has 0 spiro atoms. The Labute approximate surface area is 142 Å². The van der Waals surface area contributed by atoms with Crippen molar-refractivity contribution in [1.82, 2.24) is 9.38 Å². The lowest BCUT2D eigenvalue weighted by molar-refractivity contribution is -0.383. The molecule has 0 aliphatic heterocycles. The van der Waals surface area contributed by atoms with Gasteiger partial charge in [0.05, 0.1) is 16.2 Å². The van der Waals surface area contributed by atoms with Crippen molar-refractivity contribution in [2.45, 2.75) is 0 Å². The van der Waals surface area contributed by atoms with Crippen LogP contribution in [0.25, 0.3) is 27.9 Å². The van der Waals surface area contributed by atoms with Crippen LogP contribution in [-0.4, -0.2) is 14.3 Å². The maximum Gasteiger partial charge on any atom is 0.346 e. The Morgan fingerprint density at radius 3 is 2.88 bits per heavy atom. The zero-order valence-electron chi connectivity index (χ0n) is 12.0. The Morgan fingerprint density at radius 2 is 2.08 bits per heavy atom. The third-order valence-electron chi connectivity index (χ3n) is 3.63. The van der Waals surface area contributed by atoms with E-state index in [9.17, 15) is 14.9 Å². The first-order valence-electron chi connectivity index (χ1n) is 6.89.